The predicted molar refractivity (Wildman–Crippen MR) is 108 cm³/mol. The van der Waals surface area contributed by atoms with Crippen molar-refractivity contribution in [3.05, 3.63) is 64.5 Å². The summed E-state index contributed by atoms with van der Waals surface area (Å²) < 4.78 is 5.48. The quantitative estimate of drug-likeness (QED) is 0.645. The highest BCUT2D eigenvalue weighted by Crippen LogP contribution is 2.32. The second-order valence-electron chi connectivity index (χ2n) is 7.04. The lowest BCUT2D eigenvalue weighted by Gasteiger charge is -2.22. The number of urea groups is 1. The molecule has 28 heavy (non-hydrogen) atoms. The molecule has 3 aromatic rings. The van der Waals surface area contributed by atoms with Crippen molar-refractivity contribution in [2.45, 2.75) is 32.7 Å². The monoisotopic (exact) mass is 396 g/mol. The van der Waals surface area contributed by atoms with E-state index in [1.807, 2.05) is 44.2 Å². The summed E-state index contributed by atoms with van der Waals surface area (Å²) in [5.74, 6) is 0.950. The molecule has 7 heteroatoms. The van der Waals surface area contributed by atoms with Gasteiger partial charge in [0.2, 0.25) is 11.7 Å². The number of nitrogens with zero attached hydrogens (tertiary/aromatic N) is 3. The molecule has 1 atom stereocenters. The van der Waals surface area contributed by atoms with E-state index < -0.39 is 0 Å². The van der Waals surface area contributed by atoms with Crippen LogP contribution in [0.15, 0.2) is 47.0 Å². The van der Waals surface area contributed by atoms with Crippen LogP contribution in [-0.4, -0.2) is 27.6 Å². The molecular formula is C21H21ClN4O2. The summed E-state index contributed by atoms with van der Waals surface area (Å²) in [7, 11) is 0. The Morgan fingerprint density at radius 2 is 1.96 bits per heavy atom. The van der Waals surface area contributed by atoms with Crippen LogP contribution in [0.5, 0.6) is 0 Å². The number of aromatic nitrogens is 2. The summed E-state index contributed by atoms with van der Waals surface area (Å²) in [6.07, 6.45) is 1.69. The Kier molecular flexibility index (Phi) is 5.05. The number of hydrogen-bond donors (Lipinski definition) is 1. The van der Waals surface area contributed by atoms with Gasteiger partial charge in [-0.25, -0.2) is 4.79 Å². The second-order valence-corrected chi connectivity index (χ2v) is 7.48. The zero-order valence-electron chi connectivity index (χ0n) is 15.8. The number of carbonyl (C=O) groups is 1. The zero-order valence-corrected chi connectivity index (χ0v) is 16.5. The highest BCUT2D eigenvalue weighted by Gasteiger charge is 2.34. The number of carbonyl (C=O) groups excluding carboxylic acids is 1. The average Bonchev–Trinajstić information content (AvgIpc) is 3.34. The van der Waals surface area contributed by atoms with Gasteiger partial charge in [0.1, 0.15) is 6.04 Å². The van der Waals surface area contributed by atoms with Crippen LogP contribution in [0.25, 0.3) is 11.4 Å². The third kappa shape index (κ3) is 3.73. The summed E-state index contributed by atoms with van der Waals surface area (Å²) in [6.45, 7) is 4.73. The van der Waals surface area contributed by atoms with Crippen LogP contribution >= 0.6 is 11.6 Å². The average molecular weight is 397 g/mol. The van der Waals surface area contributed by atoms with Gasteiger partial charge in [-0.2, -0.15) is 4.98 Å². The molecule has 1 aromatic heterocycles. The van der Waals surface area contributed by atoms with Gasteiger partial charge < -0.3 is 14.7 Å². The van der Waals surface area contributed by atoms with Gasteiger partial charge in [-0.1, -0.05) is 22.8 Å². The van der Waals surface area contributed by atoms with Gasteiger partial charge in [-0.05, 0) is 74.2 Å². The van der Waals surface area contributed by atoms with E-state index in [-0.39, 0.29) is 12.1 Å². The lowest BCUT2D eigenvalue weighted by Crippen LogP contribution is -2.34. The van der Waals surface area contributed by atoms with Crippen LogP contribution < -0.4 is 5.32 Å². The molecular weight excluding hydrogens is 376 g/mol. The van der Waals surface area contributed by atoms with Crippen molar-refractivity contribution in [1.29, 1.82) is 0 Å². The van der Waals surface area contributed by atoms with Gasteiger partial charge in [0.15, 0.2) is 0 Å². The first-order valence-corrected chi connectivity index (χ1v) is 9.63. The van der Waals surface area contributed by atoms with Gasteiger partial charge in [0, 0.05) is 22.8 Å². The fourth-order valence-corrected chi connectivity index (χ4v) is 3.49. The number of likely N-dealkylation sites (tertiary alicyclic amines) is 1. The molecule has 1 fully saturated rings. The summed E-state index contributed by atoms with van der Waals surface area (Å²) in [5.41, 5.74) is 3.94. The van der Waals surface area contributed by atoms with Gasteiger partial charge in [-0.15, -0.1) is 0 Å². The normalized spacial score (nSPS) is 16.4. The molecule has 0 bridgehead atoms. The van der Waals surface area contributed by atoms with Crippen LogP contribution in [-0.2, 0) is 0 Å². The largest absolute Gasteiger partial charge is 0.337 e. The number of halogens is 1. The molecule has 144 valence electrons. The lowest BCUT2D eigenvalue weighted by molar-refractivity contribution is 0.193. The molecule has 0 saturated carbocycles. The molecule has 0 aliphatic carbocycles. The van der Waals surface area contributed by atoms with E-state index in [9.17, 15) is 4.79 Å². The minimum absolute atomic E-state index is 0.156. The highest BCUT2D eigenvalue weighted by atomic mass is 35.5. The maximum absolute atomic E-state index is 12.8. The molecule has 1 saturated heterocycles. The van der Waals surface area contributed by atoms with Gasteiger partial charge >= 0.3 is 6.03 Å². The van der Waals surface area contributed by atoms with Crippen molar-refractivity contribution < 1.29 is 9.32 Å². The topological polar surface area (TPSA) is 71.3 Å². The summed E-state index contributed by atoms with van der Waals surface area (Å²) in [4.78, 5) is 19.1. The second kappa shape index (κ2) is 7.64. The van der Waals surface area contributed by atoms with E-state index in [1.165, 1.54) is 5.56 Å². The summed E-state index contributed by atoms with van der Waals surface area (Å²) in [5, 5.41) is 7.70. The first-order valence-electron chi connectivity index (χ1n) is 9.25. The summed E-state index contributed by atoms with van der Waals surface area (Å²) >= 11 is 5.93. The molecule has 0 radical (unpaired) electrons. The van der Waals surface area contributed by atoms with Crippen molar-refractivity contribution in [2.24, 2.45) is 0 Å². The first-order chi connectivity index (χ1) is 13.5. The molecule has 0 unspecified atom stereocenters. The van der Waals surface area contributed by atoms with E-state index in [0.29, 0.717) is 23.3 Å². The van der Waals surface area contributed by atoms with Crippen LogP contribution in [0.4, 0.5) is 10.5 Å². The van der Waals surface area contributed by atoms with E-state index in [1.54, 1.807) is 17.0 Å². The number of aryl methyl sites for hydroxylation is 2. The smallest absolute Gasteiger partial charge is 0.322 e. The SMILES string of the molecule is Cc1ccc(NC(=O)N2CCC[C@@H]2c2nc(-c3ccc(Cl)cc3)no2)cc1C. The number of hydrogen-bond acceptors (Lipinski definition) is 4. The van der Waals surface area contributed by atoms with Crippen molar-refractivity contribution in [2.75, 3.05) is 11.9 Å². The van der Waals surface area contributed by atoms with E-state index in [0.717, 1.165) is 29.7 Å². The minimum Gasteiger partial charge on any atom is -0.337 e. The highest BCUT2D eigenvalue weighted by molar-refractivity contribution is 6.30. The number of anilines is 1. The maximum Gasteiger partial charge on any atom is 0.322 e. The fourth-order valence-electron chi connectivity index (χ4n) is 3.37. The molecule has 1 N–H and O–H groups in total. The molecule has 0 spiro atoms. The summed E-state index contributed by atoms with van der Waals surface area (Å²) in [6, 6.07) is 12.8. The Balaban J connectivity index is 1.51. The number of nitrogens with one attached hydrogen (secondary N) is 1. The Hall–Kier alpha value is -2.86. The number of amides is 2. The molecule has 1 aliphatic heterocycles. The van der Waals surface area contributed by atoms with Crippen LogP contribution in [0.2, 0.25) is 5.02 Å². The fraction of sp³-hybridized carbons (Fsp3) is 0.286. The lowest BCUT2D eigenvalue weighted by atomic mass is 10.1. The van der Waals surface area contributed by atoms with Crippen molar-refractivity contribution in [1.82, 2.24) is 15.0 Å². The zero-order chi connectivity index (χ0) is 19.7. The number of rotatable bonds is 3. The predicted octanol–water partition coefficient (Wildman–Crippen LogP) is 5.38. The maximum atomic E-state index is 12.8. The van der Waals surface area contributed by atoms with E-state index >= 15 is 0 Å². The Labute approximate surface area is 168 Å². The van der Waals surface area contributed by atoms with Gasteiger partial charge in [-0.3, -0.25) is 0 Å². The van der Waals surface area contributed by atoms with Gasteiger partial charge in [0.05, 0.1) is 0 Å². The van der Waals surface area contributed by atoms with Crippen molar-refractivity contribution in [3.63, 3.8) is 0 Å². The van der Waals surface area contributed by atoms with Gasteiger partial charge in [0.25, 0.3) is 0 Å². The van der Waals surface area contributed by atoms with E-state index in [2.05, 4.69) is 15.5 Å². The third-order valence-corrected chi connectivity index (χ3v) is 5.35. The molecule has 6 nitrogen and oxygen atoms in total. The standard InChI is InChI=1S/C21H21ClN4O2/c1-13-5-10-17(12-14(13)2)23-21(27)26-11-3-4-18(26)20-24-19(25-28-20)15-6-8-16(22)9-7-15/h5-10,12,18H,3-4,11H2,1-2H3,(H,23,27)/t18-/m1/s1. The Bertz CT molecular complexity index is 1000. The minimum atomic E-state index is -0.222. The third-order valence-electron chi connectivity index (χ3n) is 5.10. The first kappa shape index (κ1) is 18.5. The Morgan fingerprint density at radius 1 is 1.18 bits per heavy atom. The molecule has 1 aliphatic rings. The van der Waals surface area contributed by atoms with Crippen LogP contribution in [0.1, 0.15) is 35.9 Å². The van der Waals surface area contributed by atoms with Crippen LogP contribution in [0.3, 0.4) is 0 Å². The molecule has 2 amide bonds. The Morgan fingerprint density at radius 3 is 2.71 bits per heavy atom. The number of benzene rings is 2. The molecule has 2 heterocycles. The molecule has 2 aromatic carbocycles. The van der Waals surface area contributed by atoms with Crippen molar-refractivity contribution in [3.8, 4) is 11.4 Å². The van der Waals surface area contributed by atoms with E-state index in [4.69, 9.17) is 16.1 Å². The van der Waals surface area contributed by atoms with Crippen LogP contribution in [0, 0.1) is 13.8 Å². The van der Waals surface area contributed by atoms with Crippen molar-refractivity contribution >= 4 is 23.3 Å². The molecule has 4 rings (SSSR count).